The fourth-order valence-corrected chi connectivity index (χ4v) is 2.38. The van der Waals surface area contributed by atoms with Gasteiger partial charge in [-0.1, -0.05) is 24.3 Å². The second-order valence-corrected chi connectivity index (χ2v) is 4.89. The topological polar surface area (TPSA) is 43.4 Å². The summed E-state index contributed by atoms with van der Waals surface area (Å²) in [5.41, 5.74) is 2.44. The SMILES string of the molecule is COc1ccc(CNCC2Cc3ccccc3O2)cn1. The van der Waals surface area contributed by atoms with Gasteiger partial charge in [-0.3, -0.25) is 0 Å². The Kier molecular flexibility index (Phi) is 3.83. The molecule has 0 spiro atoms. The summed E-state index contributed by atoms with van der Waals surface area (Å²) in [6.07, 6.45) is 3.03. The van der Waals surface area contributed by atoms with Crippen molar-refractivity contribution >= 4 is 0 Å². The molecule has 2 heterocycles. The van der Waals surface area contributed by atoms with E-state index in [9.17, 15) is 0 Å². The van der Waals surface area contributed by atoms with Gasteiger partial charge >= 0.3 is 0 Å². The van der Waals surface area contributed by atoms with Gasteiger partial charge in [0.1, 0.15) is 11.9 Å². The molecule has 4 nitrogen and oxygen atoms in total. The molecule has 1 aromatic carbocycles. The Labute approximate surface area is 118 Å². The number of nitrogens with zero attached hydrogens (tertiary/aromatic N) is 1. The van der Waals surface area contributed by atoms with E-state index in [4.69, 9.17) is 9.47 Å². The van der Waals surface area contributed by atoms with Crippen molar-refractivity contribution in [2.45, 2.75) is 19.1 Å². The summed E-state index contributed by atoms with van der Waals surface area (Å²) in [6.45, 7) is 1.62. The van der Waals surface area contributed by atoms with E-state index in [0.717, 1.165) is 30.8 Å². The molecular weight excluding hydrogens is 252 g/mol. The minimum Gasteiger partial charge on any atom is -0.488 e. The lowest BCUT2D eigenvalue weighted by Gasteiger charge is -2.12. The summed E-state index contributed by atoms with van der Waals surface area (Å²) in [7, 11) is 1.62. The lowest BCUT2D eigenvalue weighted by Crippen LogP contribution is -2.29. The van der Waals surface area contributed by atoms with E-state index in [1.165, 1.54) is 5.56 Å². The highest BCUT2D eigenvalue weighted by Crippen LogP contribution is 2.27. The molecule has 0 saturated carbocycles. The Hall–Kier alpha value is -2.07. The van der Waals surface area contributed by atoms with Crippen LogP contribution in [0.5, 0.6) is 11.6 Å². The number of aromatic nitrogens is 1. The third kappa shape index (κ3) is 2.91. The van der Waals surface area contributed by atoms with Crippen LogP contribution in [-0.2, 0) is 13.0 Å². The predicted octanol–water partition coefficient (Wildman–Crippen LogP) is 2.18. The zero-order valence-corrected chi connectivity index (χ0v) is 11.5. The third-order valence-corrected chi connectivity index (χ3v) is 3.42. The summed E-state index contributed by atoms with van der Waals surface area (Å²) in [6, 6.07) is 12.1. The Morgan fingerprint density at radius 2 is 2.20 bits per heavy atom. The Morgan fingerprint density at radius 3 is 2.95 bits per heavy atom. The van der Waals surface area contributed by atoms with Crippen molar-refractivity contribution in [2.24, 2.45) is 0 Å². The molecule has 1 aromatic heterocycles. The van der Waals surface area contributed by atoms with E-state index in [1.54, 1.807) is 7.11 Å². The van der Waals surface area contributed by atoms with Crippen LogP contribution >= 0.6 is 0 Å². The molecule has 1 unspecified atom stereocenters. The monoisotopic (exact) mass is 270 g/mol. The first-order valence-corrected chi connectivity index (χ1v) is 6.79. The first kappa shape index (κ1) is 12.9. The van der Waals surface area contributed by atoms with E-state index < -0.39 is 0 Å². The number of methoxy groups -OCH3 is 1. The third-order valence-electron chi connectivity index (χ3n) is 3.42. The number of benzene rings is 1. The first-order chi connectivity index (χ1) is 9.85. The van der Waals surface area contributed by atoms with Crippen LogP contribution in [0.1, 0.15) is 11.1 Å². The molecule has 3 rings (SSSR count). The van der Waals surface area contributed by atoms with Crippen LogP contribution in [0.4, 0.5) is 0 Å². The van der Waals surface area contributed by atoms with Crippen LogP contribution in [0, 0.1) is 0 Å². The number of rotatable bonds is 5. The van der Waals surface area contributed by atoms with Gasteiger partial charge in [0.15, 0.2) is 0 Å². The maximum atomic E-state index is 5.88. The van der Waals surface area contributed by atoms with E-state index >= 15 is 0 Å². The molecule has 2 aromatic rings. The van der Waals surface area contributed by atoms with Crippen molar-refractivity contribution in [1.29, 1.82) is 0 Å². The first-order valence-electron chi connectivity index (χ1n) is 6.79. The predicted molar refractivity (Wildman–Crippen MR) is 77.1 cm³/mol. The molecule has 0 amide bonds. The maximum absolute atomic E-state index is 5.88. The minimum atomic E-state index is 0.221. The minimum absolute atomic E-state index is 0.221. The van der Waals surface area contributed by atoms with Crippen molar-refractivity contribution in [3.05, 3.63) is 53.7 Å². The van der Waals surface area contributed by atoms with Crippen molar-refractivity contribution in [2.75, 3.05) is 13.7 Å². The van der Waals surface area contributed by atoms with Gasteiger partial charge in [0.25, 0.3) is 0 Å². The molecule has 1 aliphatic heterocycles. The van der Waals surface area contributed by atoms with Crippen molar-refractivity contribution in [3.63, 3.8) is 0 Å². The van der Waals surface area contributed by atoms with Gasteiger partial charge in [-0.2, -0.15) is 0 Å². The molecule has 1 atom stereocenters. The van der Waals surface area contributed by atoms with Crippen LogP contribution < -0.4 is 14.8 Å². The Balaban J connectivity index is 1.47. The number of hydrogen-bond acceptors (Lipinski definition) is 4. The number of para-hydroxylation sites is 1. The number of pyridine rings is 1. The molecule has 0 aliphatic carbocycles. The van der Waals surface area contributed by atoms with Gasteiger partial charge in [0.05, 0.1) is 7.11 Å². The fraction of sp³-hybridized carbons (Fsp3) is 0.312. The molecule has 20 heavy (non-hydrogen) atoms. The fourth-order valence-electron chi connectivity index (χ4n) is 2.38. The number of fused-ring (bicyclic) bond motifs is 1. The van der Waals surface area contributed by atoms with Gasteiger partial charge in [-0.15, -0.1) is 0 Å². The van der Waals surface area contributed by atoms with Crippen molar-refractivity contribution < 1.29 is 9.47 Å². The van der Waals surface area contributed by atoms with Gasteiger partial charge in [0.2, 0.25) is 5.88 Å². The molecule has 0 fully saturated rings. The summed E-state index contributed by atoms with van der Waals surface area (Å²) in [5.74, 6) is 1.66. The van der Waals surface area contributed by atoms with Crippen LogP contribution in [-0.4, -0.2) is 24.7 Å². The maximum Gasteiger partial charge on any atom is 0.212 e. The lowest BCUT2D eigenvalue weighted by atomic mass is 10.1. The molecular formula is C16H18N2O2. The summed E-state index contributed by atoms with van der Waals surface area (Å²) >= 11 is 0. The second-order valence-electron chi connectivity index (χ2n) is 4.89. The van der Waals surface area contributed by atoms with E-state index in [0.29, 0.717) is 5.88 Å². The van der Waals surface area contributed by atoms with Crippen molar-refractivity contribution in [3.8, 4) is 11.6 Å². The average Bonchev–Trinajstić information content (AvgIpc) is 2.90. The zero-order valence-electron chi connectivity index (χ0n) is 11.5. The summed E-state index contributed by atoms with van der Waals surface area (Å²) in [5, 5.41) is 3.41. The standard InChI is InChI=1S/C16H18N2O2/c1-19-16-7-6-12(10-18-16)9-17-11-14-8-13-4-2-3-5-15(13)20-14/h2-7,10,14,17H,8-9,11H2,1H3. The molecule has 104 valence electrons. The molecule has 0 radical (unpaired) electrons. The van der Waals surface area contributed by atoms with E-state index in [2.05, 4.69) is 22.4 Å². The molecule has 0 saturated heterocycles. The molecule has 0 bridgehead atoms. The highest BCUT2D eigenvalue weighted by molar-refractivity contribution is 5.37. The van der Waals surface area contributed by atoms with Gasteiger partial charge in [0, 0.05) is 31.8 Å². The van der Waals surface area contributed by atoms with E-state index in [1.807, 2.05) is 30.5 Å². The van der Waals surface area contributed by atoms with Gasteiger partial charge < -0.3 is 14.8 Å². The smallest absolute Gasteiger partial charge is 0.212 e. The van der Waals surface area contributed by atoms with Crippen LogP contribution in [0.15, 0.2) is 42.6 Å². The largest absolute Gasteiger partial charge is 0.488 e. The Bertz CT molecular complexity index is 544. The Morgan fingerprint density at radius 1 is 1.30 bits per heavy atom. The van der Waals surface area contributed by atoms with Crippen LogP contribution in [0.25, 0.3) is 0 Å². The summed E-state index contributed by atoms with van der Waals surface area (Å²) in [4.78, 5) is 4.19. The second kappa shape index (κ2) is 5.92. The summed E-state index contributed by atoms with van der Waals surface area (Å²) < 4.78 is 10.9. The molecule has 4 heteroatoms. The average molecular weight is 270 g/mol. The van der Waals surface area contributed by atoms with Gasteiger partial charge in [-0.05, 0) is 17.2 Å². The lowest BCUT2D eigenvalue weighted by molar-refractivity contribution is 0.227. The van der Waals surface area contributed by atoms with Crippen LogP contribution in [0.2, 0.25) is 0 Å². The highest BCUT2D eigenvalue weighted by Gasteiger charge is 2.21. The van der Waals surface area contributed by atoms with Crippen LogP contribution in [0.3, 0.4) is 0 Å². The number of ether oxygens (including phenoxy) is 2. The van der Waals surface area contributed by atoms with E-state index in [-0.39, 0.29) is 6.10 Å². The highest BCUT2D eigenvalue weighted by atomic mass is 16.5. The number of nitrogens with one attached hydrogen (secondary N) is 1. The zero-order chi connectivity index (χ0) is 13.8. The van der Waals surface area contributed by atoms with Crippen molar-refractivity contribution in [1.82, 2.24) is 10.3 Å². The normalized spacial score (nSPS) is 16.6. The quantitative estimate of drug-likeness (QED) is 0.904. The van der Waals surface area contributed by atoms with Gasteiger partial charge in [-0.25, -0.2) is 4.98 Å². The molecule has 1 N–H and O–H groups in total. The number of hydrogen-bond donors (Lipinski definition) is 1. The molecule has 1 aliphatic rings.